The molecule has 0 aromatic heterocycles. The van der Waals surface area contributed by atoms with Crippen LogP contribution in [0.4, 0.5) is 4.79 Å². The molecule has 1 heterocycles. The van der Waals surface area contributed by atoms with E-state index in [9.17, 15) is 13.2 Å². The third-order valence-corrected chi connectivity index (χ3v) is 7.22. The van der Waals surface area contributed by atoms with E-state index >= 15 is 0 Å². The van der Waals surface area contributed by atoms with Crippen LogP contribution in [0.1, 0.15) is 18.4 Å². The van der Waals surface area contributed by atoms with E-state index in [0.717, 1.165) is 10.0 Å². The first-order valence-electron chi connectivity index (χ1n) is 8.42. The van der Waals surface area contributed by atoms with Crippen molar-refractivity contribution in [3.63, 3.8) is 0 Å². The second-order valence-corrected chi connectivity index (χ2v) is 9.37. The van der Waals surface area contributed by atoms with Crippen molar-refractivity contribution in [1.82, 2.24) is 4.90 Å². The zero-order valence-corrected chi connectivity index (χ0v) is 16.6. The molecule has 26 heavy (non-hydrogen) atoms. The number of amides is 1. The van der Waals surface area contributed by atoms with Gasteiger partial charge in [0.1, 0.15) is 6.61 Å². The Morgan fingerprint density at radius 3 is 2.42 bits per heavy atom. The number of halogens is 1. The molecular weight excluding hydrogens is 418 g/mol. The Bertz CT molecular complexity index is 862. The number of hydrogen-bond acceptors (Lipinski definition) is 4. The summed E-state index contributed by atoms with van der Waals surface area (Å²) >= 11 is 3.31. The highest BCUT2D eigenvalue weighted by molar-refractivity contribution is 9.10. The summed E-state index contributed by atoms with van der Waals surface area (Å²) in [6.45, 7) is 0.979. The van der Waals surface area contributed by atoms with E-state index in [1.807, 2.05) is 30.3 Å². The molecular formula is C19H20BrNO4S. The molecule has 0 saturated carbocycles. The second-order valence-electron chi connectivity index (χ2n) is 6.23. The Kier molecular flexibility index (Phi) is 5.98. The molecule has 138 valence electrons. The minimum Gasteiger partial charge on any atom is -0.445 e. The SMILES string of the molecule is O=C(OCc1ccccc1)N1CCC(S(=O)(=O)c2cccc(Br)c2)CC1. The Labute approximate surface area is 162 Å². The summed E-state index contributed by atoms with van der Waals surface area (Å²) in [6, 6.07) is 16.2. The van der Waals surface area contributed by atoms with Crippen LogP contribution in [0.5, 0.6) is 0 Å². The summed E-state index contributed by atoms with van der Waals surface area (Å²) < 4.78 is 31.6. The molecule has 2 aromatic carbocycles. The largest absolute Gasteiger partial charge is 0.445 e. The van der Waals surface area contributed by atoms with E-state index in [4.69, 9.17) is 4.74 Å². The van der Waals surface area contributed by atoms with Crippen LogP contribution in [-0.4, -0.2) is 37.8 Å². The van der Waals surface area contributed by atoms with Gasteiger partial charge in [0, 0.05) is 17.6 Å². The lowest BCUT2D eigenvalue weighted by Gasteiger charge is -2.31. The van der Waals surface area contributed by atoms with Crippen LogP contribution >= 0.6 is 15.9 Å². The number of carbonyl (C=O) groups excluding carboxylic acids is 1. The van der Waals surface area contributed by atoms with Crippen LogP contribution in [0.15, 0.2) is 64.0 Å². The zero-order valence-electron chi connectivity index (χ0n) is 14.2. The number of hydrogen-bond donors (Lipinski definition) is 0. The maximum absolute atomic E-state index is 12.8. The first-order chi connectivity index (χ1) is 12.5. The molecule has 0 aliphatic carbocycles. The second kappa shape index (κ2) is 8.22. The van der Waals surface area contributed by atoms with E-state index in [2.05, 4.69) is 15.9 Å². The summed E-state index contributed by atoms with van der Waals surface area (Å²) in [5.74, 6) is 0. The van der Waals surface area contributed by atoms with E-state index in [1.54, 1.807) is 29.2 Å². The lowest BCUT2D eigenvalue weighted by molar-refractivity contribution is 0.0897. The van der Waals surface area contributed by atoms with Gasteiger partial charge in [-0.3, -0.25) is 0 Å². The molecule has 1 fully saturated rings. The molecule has 0 spiro atoms. The van der Waals surface area contributed by atoms with Crippen molar-refractivity contribution in [2.45, 2.75) is 29.6 Å². The van der Waals surface area contributed by atoms with Gasteiger partial charge in [0.2, 0.25) is 0 Å². The molecule has 7 heteroatoms. The third kappa shape index (κ3) is 4.45. The number of rotatable bonds is 4. The quantitative estimate of drug-likeness (QED) is 0.724. The van der Waals surface area contributed by atoms with Crippen molar-refractivity contribution in [3.8, 4) is 0 Å². The number of likely N-dealkylation sites (tertiary alicyclic amines) is 1. The molecule has 5 nitrogen and oxygen atoms in total. The summed E-state index contributed by atoms with van der Waals surface area (Å²) in [5, 5.41) is -0.477. The van der Waals surface area contributed by atoms with E-state index in [0.29, 0.717) is 30.8 Å². The fraction of sp³-hybridized carbons (Fsp3) is 0.316. The molecule has 1 aliphatic rings. The van der Waals surface area contributed by atoms with Crippen LogP contribution in [0.3, 0.4) is 0 Å². The number of ether oxygens (including phenoxy) is 1. The van der Waals surface area contributed by atoms with Crippen LogP contribution in [0, 0.1) is 0 Å². The molecule has 0 bridgehead atoms. The number of benzene rings is 2. The van der Waals surface area contributed by atoms with Crippen molar-refractivity contribution in [3.05, 3.63) is 64.6 Å². The molecule has 0 unspecified atom stereocenters. The Morgan fingerprint density at radius 2 is 1.77 bits per heavy atom. The topological polar surface area (TPSA) is 63.7 Å². The van der Waals surface area contributed by atoms with E-state index in [1.165, 1.54) is 0 Å². The van der Waals surface area contributed by atoms with Gasteiger partial charge in [-0.2, -0.15) is 0 Å². The van der Waals surface area contributed by atoms with Gasteiger partial charge >= 0.3 is 6.09 Å². The Hall–Kier alpha value is -1.86. The highest BCUT2D eigenvalue weighted by atomic mass is 79.9. The summed E-state index contributed by atoms with van der Waals surface area (Å²) in [5.41, 5.74) is 0.924. The van der Waals surface area contributed by atoms with Crippen molar-refractivity contribution in [2.75, 3.05) is 13.1 Å². The average molecular weight is 438 g/mol. The van der Waals surface area contributed by atoms with Crippen molar-refractivity contribution in [2.24, 2.45) is 0 Å². The smallest absolute Gasteiger partial charge is 0.410 e. The van der Waals surface area contributed by atoms with Gasteiger partial charge in [-0.15, -0.1) is 0 Å². The monoisotopic (exact) mass is 437 g/mol. The van der Waals surface area contributed by atoms with Crippen LogP contribution < -0.4 is 0 Å². The minimum atomic E-state index is -3.40. The van der Waals surface area contributed by atoms with E-state index < -0.39 is 21.2 Å². The third-order valence-electron chi connectivity index (χ3n) is 4.47. The lowest BCUT2D eigenvalue weighted by atomic mass is 10.1. The molecule has 1 aliphatic heterocycles. The molecule has 2 aromatic rings. The van der Waals surface area contributed by atoms with Gasteiger partial charge in [-0.1, -0.05) is 52.3 Å². The zero-order chi connectivity index (χ0) is 18.6. The predicted octanol–water partition coefficient (Wildman–Crippen LogP) is 4.02. The number of carbonyl (C=O) groups is 1. The first-order valence-corrected chi connectivity index (χ1v) is 10.8. The van der Waals surface area contributed by atoms with Gasteiger partial charge in [-0.05, 0) is 36.6 Å². The molecule has 0 radical (unpaired) electrons. The minimum absolute atomic E-state index is 0.218. The van der Waals surface area contributed by atoms with E-state index in [-0.39, 0.29) is 6.61 Å². The molecule has 0 atom stereocenters. The standard InChI is InChI=1S/C19H20BrNO4S/c20-16-7-4-8-18(13-16)26(23,24)17-9-11-21(12-10-17)19(22)25-14-15-5-2-1-3-6-15/h1-8,13,17H,9-12,14H2. The number of sulfone groups is 1. The van der Waals surface area contributed by atoms with Crippen LogP contribution in [0.2, 0.25) is 0 Å². The van der Waals surface area contributed by atoms with Gasteiger partial charge in [0.25, 0.3) is 0 Å². The molecule has 3 rings (SSSR count). The first kappa shape index (κ1) is 18.9. The van der Waals surface area contributed by atoms with Crippen molar-refractivity contribution >= 4 is 31.9 Å². The lowest BCUT2D eigenvalue weighted by Crippen LogP contribution is -2.42. The number of nitrogens with zero attached hydrogens (tertiary/aromatic N) is 1. The van der Waals surface area contributed by atoms with Crippen molar-refractivity contribution in [1.29, 1.82) is 0 Å². The van der Waals surface area contributed by atoms with Crippen LogP contribution in [0.25, 0.3) is 0 Å². The molecule has 0 N–H and O–H groups in total. The summed E-state index contributed by atoms with van der Waals surface area (Å²) in [4.78, 5) is 14.1. The molecule has 1 amide bonds. The number of piperidine rings is 1. The molecule has 1 saturated heterocycles. The maximum atomic E-state index is 12.8. The van der Waals surface area contributed by atoms with Crippen LogP contribution in [-0.2, 0) is 21.2 Å². The highest BCUT2D eigenvalue weighted by Crippen LogP contribution is 2.26. The van der Waals surface area contributed by atoms with Crippen molar-refractivity contribution < 1.29 is 17.9 Å². The predicted molar refractivity (Wildman–Crippen MR) is 103 cm³/mol. The normalized spacial score (nSPS) is 15.7. The fourth-order valence-electron chi connectivity index (χ4n) is 3.00. The van der Waals surface area contributed by atoms with Gasteiger partial charge in [-0.25, -0.2) is 13.2 Å². The Morgan fingerprint density at radius 1 is 1.08 bits per heavy atom. The van der Waals surface area contributed by atoms with Gasteiger partial charge in [0.05, 0.1) is 10.1 Å². The van der Waals surface area contributed by atoms with Gasteiger partial charge in [0.15, 0.2) is 9.84 Å². The maximum Gasteiger partial charge on any atom is 0.410 e. The summed E-state index contributed by atoms with van der Waals surface area (Å²) in [7, 11) is -3.40. The fourth-order valence-corrected chi connectivity index (χ4v) is 5.32. The Balaban J connectivity index is 1.56. The highest BCUT2D eigenvalue weighted by Gasteiger charge is 2.33. The average Bonchev–Trinajstić information content (AvgIpc) is 2.67. The van der Waals surface area contributed by atoms with Gasteiger partial charge < -0.3 is 9.64 Å². The summed E-state index contributed by atoms with van der Waals surface area (Å²) in [6.07, 6.45) is 0.428.